The van der Waals surface area contributed by atoms with Crippen LogP contribution in [0.15, 0.2) is 82.6 Å². The maximum Gasteiger partial charge on any atom is 0.267 e. The van der Waals surface area contributed by atoms with Crippen molar-refractivity contribution >= 4 is 5.91 Å². The van der Waals surface area contributed by atoms with Crippen molar-refractivity contribution in [2.75, 3.05) is 6.54 Å². The molecule has 2 heterocycles. The molecule has 0 fully saturated rings. The minimum absolute atomic E-state index is 0.128. The molecule has 8 nitrogen and oxygen atoms in total. The van der Waals surface area contributed by atoms with Gasteiger partial charge in [0.1, 0.15) is 18.2 Å². The van der Waals surface area contributed by atoms with E-state index in [1.807, 2.05) is 0 Å². The second kappa shape index (κ2) is 9.99. The molecule has 4 aromatic rings. The number of hydrogen-bond donors (Lipinski definition) is 1. The summed E-state index contributed by atoms with van der Waals surface area (Å²) in [4.78, 5) is 40.9. The number of hydrogen-bond acceptors (Lipinski definition) is 5. The fourth-order valence-corrected chi connectivity index (χ4v) is 3.22. The van der Waals surface area contributed by atoms with Crippen molar-refractivity contribution in [2.24, 2.45) is 0 Å². The quantitative estimate of drug-likeness (QED) is 0.453. The summed E-state index contributed by atoms with van der Waals surface area (Å²) in [6, 6.07) is 15.4. The van der Waals surface area contributed by atoms with Crippen molar-refractivity contribution in [1.29, 1.82) is 0 Å². The molecule has 0 unspecified atom stereocenters. The van der Waals surface area contributed by atoms with Crippen LogP contribution in [0.25, 0.3) is 22.5 Å². The van der Waals surface area contributed by atoms with Crippen molar-refractivity contribution in [3.8, 4) is 22.5 Å². The first-order valence-corrected chi connectivity index (χ1v) is 10.3. The summed E-state index contributed by atoms with van der Waals surface area (Å²) in [6.45, 7) is -0.0214. The molecule has 172 valence electrons. The molecular formula is C24H19F2N5O3. The van der Waals surface area contributed by atoms with Gasteiger partial charge in [-0.1, -0.05) is 0 Å². The summed E-state index contributed by atoms with van der Waals surface area (Å²) < 4.78 is 28.5. The van der Waals surface area contributed by atoms with Crippen molar-refractivity contribution in [3.05, 3.63) is 105 Å². The summed E-state index contributed by atoms with van der Waals surface area (Å²) >= 11 is 0. The SMILES string of the molecule is O=C(Cn1nc(-c2ccc(F)cc2)ccc1=O)NCCn1cnc(-c2ccc(F)cc2)cc1=O. The Morgan fingerprint density at radius 3 is 2.06 bits per heavy atom. The van der Waals surface area contributed by atoms with Crippen LogP contribution in [-0.2, 0) is 17.9 Å². The van der Waals surface area contributed by atoms with Crippen LogP contribution in [-0.4, -0.2) is 31.8 Å². The first kappa shape index (κ1) is 22.7. The third-order valence-electron chi connectivity index (χ3n) is 4.99. The molecule has 1 N–H and O–H groups in total. The van der Waals surface area contributed by atoms with Gasteiger partial charge in [0.15, 0.2) is 0 Å². The van der Waals surface area contributed by atoms with Gasteiger partial charge in [0.25, 0.3) is 11.1 Å². The van der Waals surface area contributed by atoms with Crippen molar-refractivity contribution < 1.29 is 13.6 Å². The van der Waals surface area contributed by atoms with Crippen LogP contribution in [0.5, 0.6) is 0 Å². The van der Waals surface area contributed by atoms with E-state index in [1.54, 1.807) is 0 Å². The van der Waals surface area contributed by atoms with Crippen LogP contribution in [0.1, 0.15) is 0 Å². The molecule has 0 aliphatic carbocycles. The van der Waals surface area contributed by atoms with Crippen LogP contribution in [0.3, 0.4) is 0 Å². The predicted octanol–water partition coefficient (Wildman–Crippen LogP) is 2.23. The first-order valence-electron chi connectivity index (χ1n) is 10.3. The minimum atomic E-state index is -0.463. The van der Waals surface area contributed by atoms with Crippen molar-refractivity contribution in [3.63, 3.8) is 0 Å². The lowest BCUT2D eigenvalue weighted by Gasteiger charge is -2.10. The Morgan fingerprint density at radius 1 is 0.824 bits per heavy atom. The molecule has 0 radical (unpaired) electrons. The van der Waals surface area contributed by atoms with Crippen molar-refractivity contribution in [2.45, 2.75) is 13.1 Å². The fourth-order valence-electron chi connectivity index (χ4n) is 3.22. The van der Waals surface area contributed by atoms with E-state index in [1.165, 1.54) is 77.6 Å². The summed E-state index contributed by atoms with van der Waals surface area (Å²) in [6.07, 6.45) is 1.35. The number of nitrogens with one attached hydrogen (secondary N) is 1. The zero-order valence-corrected chi connectivity index (χ0v) is 17.8. The number of carbonyl (C=O) groups is 1. The highest BCUT2D eigenvalue weighted by molar-refractivity contribution is 5.75. The monoisotopic (exact) mass is 463 g/mol. The number of halogens is 2. The molecule has 4 rings (SSSR count). The standard InChI is InChI=1S/C24H19F2N5O3/c25-18-5-1-16(2-6-18)20-9-10-23(33)31(29-20)14-22(32)27-11-12-30-15-28-21(13-24(30)34)17-3-7-19(26)8-4-17/h1-10,13,15H,11-12,14H2,(H,27,32). The van der Waals surface area contributed by atoms with E-state index < -0.39 is 17.3 Å². The molecule has 2 aromatic heterocycles. The summed E-state index contributed by atoms with van der Waals surface area (Å²) in [5.74, 6) is -1.24. The van der Waals surface area contributed by atoms with E-state index in [2.05, 4.69) is 15.4 Å². The molecule has 2 aromatic carbocycles. The molecule has 0 bridgehead atoms. The van der Waals surface area contributed by atoms with Crippen LogP contribution in [0.2, 0.25) is 0 Å². The van der Waals surface area contributed by atoms with E-state index >= 15 is 0 Å². The van der Waals surface area contributed by atoms with Crippen LogP contribution < -0.4 is 16.4 Å². The minimum Gasteiger partial charge on any atom is -0.353 e. The Hall–Kier alpha value is -4.47. The highest BCUT2D eigenvalue weighted by atomic mass is 19.1. The highest BCUT2D eigenvalue weighted by Crippen LogP contribution is 2.16. The molecule has 1 amide bonds. The Balaban J connectivity index is 1.36. The zero-order chi connectivity index (χ0) is 24.1. The van der Waals surface area contributed by atoms with Gasteiger partial charge in [-0.15, -0.1) is 0 Å². The molecule has 0 spiro atoms. The Labute approximate surface area is 192 Å². The van der Waals surface area contributed by atoms with Crippen LogP contribution >= 0.6 is 0 Å². The predicted molar refractivity (Wildman–Crippen MR) is 121 cm³/mol. The van der Waals surface area contributed by atoms with Gasteiger partial charge in [-0.25, -0.2) is 18.4 Å². The van der Waals surface area contributed by atoms with E-state index in [0.29, 0.717) is 22.5 Å². The second-order valence-corrected chi connectivity index (χ2v) is 7.38. The van der Waals surface area contributed by atoms with E-state index in [9.17, 15) is 23.2 Å². The van der Waals surface area contributed by atoms with E-state index in [4.69, 9.17) is 0 Å². The number of nitrogens with zero attached hydrogens (tertiary/aromatic N) is 4. The smallest absolute Gasteiger partial charge is 0.267 e. The van der Waals surface area contributed by atoms with E-state index in [0.717, 1.165) is 4.68 Å². The number of benzene rings is 2. The van der Waals surface area contributed by atoms with Gasteiger partial charge >= 0.3 is 0 Å². The Bertz CT molecular complexity index is 1430. The number of carbonyl (C=O) groups excluding carboxylic acids is 1. The topological polar surface area (TPSA) is 98.9 Å². The van der Waals surface area contributed by atoms with Gasteiger partial charge in [-0.3, -0.25) is 19.0 Å². The summed E-state index contributed by atoms with van der Waals surface area (Å²) in [7, 11) is 0. The molecule has 0 atom stereocenters. The largest absolute Gasteiger partial charge is 0.353 e. The van der Waals surface area contributed by atoms with Gasteiger partial charge in [0.05, 0.1) is 17.7 Å². The average Bonchev–Trinajstić information content (AvgIpc) is 2.82. The second-order valence-electron chi connectivity index (χ2n) is 7.38. The summed E-state index contributed by atoms with van der Waals surface area (Å²) in [5, 5.41) is 6.80. The number of amides is 1. The zero-order valence-electron chi connectivity index (χ0n) is 17.8. The fraction of sp³-hybridized carbons (Fsp3) is 0.125. The molecule has 0 aliphatic rings. The van der Waals surface area contributed by atoms with Gasteiger partial charge in [0.2, 0.25) is 5.91 Å². The lowest BCUT2D eigenvalue weighted by Crippen LogP contribution is -2.36. The van der Waals surface area contributed by atoms with Gasteiger partial charge in [-0.2, -0.15) is 5.10 Å². The van der Waals surface area contributed by atoms with Crippen molar-refractivity contribution in [1.82, 2.24) is 24.6 Å². The first-order chi connectivity index (χ1) is 16.4. The van der Waals surface area contributed by atoms with Crippen LogP contribution in [0.4, 0.5) is 8.78 Å². The normalized spacial score (nSPS) is 10.8. The molecular weight excluding hydrogens is 444 g/mol. The van der Waals surface area contributed by atoms with Gasteiger partial charge in [0, 0.05) is 36.3 Å². The maximum absolute atomic E-state index is 13.1. The van der Waals surface area contributed by atoms with Gasteiger partial charge in [-0.05, 0) is 54.6 Å². The molecule has 0 saturated heterocycles. The lowest BCUT2D eigenvalue weighted by atomic mass is 10.1. The molecule has 0 saturated carbocycles. The number of rotatable bonds is 7. The third-order valence-corrected chi connectivity index (χ3v) is 4.99. The molecule has 34 heavy (non-hydrogen) atoms. The molecule has 10 heteroatoms. The Kier molecular flexibility index (Phi) is 6.67. The third kappa shape index (κ3) is 5.47. The lowest BCUT2D eigenvalue weighted by molar-refractivity contribution is -0.121. The van der Waals surface area contributed by atoms with Gasteiger partial charge < -0.3 is 5.32 Å². The summed E-state index contributed by atoms with van der Waals surface area (Å²) in [5.41, 5.74) is 1.26. The van der Waals surface area contributed by atoms with E-state index in [-0.39, 0.29) is 31.0 Å². The molecule has 0 aliphatic heterocycles. The Morgan fingerprint density at radius 2 is 1.44 bits per heavy atom. The maximum atomic E-state index is 13.1. The number of aromatic nitrogens is 4. The van der Waals surface area contributed by atoms with Crippen LogP contribution in [0, 0.1) is 11.6 Å². The average molecular weight is 463 g/mol. The highest BCUT2D eigenvalue weighted by Gasteiger charge is 2.09.